The van der Waals surface area contributed by atoms with Crippen LogP contribution in [0.3, 0.4) is 0 Å². The molecule has 2 aromatic heterocycles. The van der Waals surface area contributed by atoms with E-state index in [1.54, 1.807) is 12.1 Å². The zero-order chi connectivity index (χ0) is 13.3. The minimum Gasteiger partial charge on any atom is -0.390 e. The Morgan fingerprint density at radius 1 is 1.50 bits per heavy atom. The van der Waals surface area contributed by atoms with Gasteiger partial charge in [-0.2, -0.15) is 4.68 Å². The second-order valence-corrected chi connectivity index (χ2v) is 4.38. The quantitative estimate of drug-likeness (QED) is 0.674. The van der Waals surface area contributed by atoms with Crippen LogP contribution in [-0.4, -0.2) is 24.7 Å². The Bertz CT molecular complexity index is 616. The molecule has 18 heavy (non-hydrogen) atoms. The van der Waals surface area contributed by atoms with Gasteiger partial charge in [0.2, 0.25) is 0 Å². The molecule has 10 heteroatoms. The number of nitro groups is 1. The SMILES string of the molecule is Nc1ccc(Cl)c(Cn2nc([N+](=O)[O-])nc2Br)n1. The smallest absolute Gasteiger partial charge is 0.390 e. The lowest BCUT2D eigenvalue weighted by Crippen LogP contribution is -2.06. The van der Waals surface area contributed by atoms with Crippen molar-refractivity contribution in [2.75, 3.05) is 5.73 Å². The van der Waals surface area contributed by atoms with Gasteiger partial charge in [0.05, 0.1) is 10.7 Å². The molecule has 0 aliphatic heterocycles. The van der Waals surface area contributed by atoms with Gasteiger partial charge in [-0.3, -0.25) is 0 Å². The van der Waals surface area contributed by atoms with E-state index in [0.29, 0.717) is 16.5 Å². The van der Waals surface area contributed by atoms with Gasteiger partial charge in [0.1, 0.15) is 12.4 Å². The topological polar surface area (TPSA) is 113 Å². The van der Waals surface area contributed by atoms with Crippen LogP contribution in [0.1, 0.15) is 5.69 Å². The fourth-order valence-electron chi connectivity index (χ4n) is 1.24. The van der Waals surface area contributed by atoms with E-state index < -0.39 is 10.9 Å². The molecule has 0 saturated heterocycles. The maximum atomic E-state index is 10.5. The van der Waals surface area contributed by atoms with Crippen LogP contribution in [0.2, 0.25) is 5.02 Å². The Balaban J connectivity index is 2.34. The molecule has 0 aliphatic carbocycles. The van der Waals surface area contributed by atoms with Crippen LogP contribution in [0.15, 0.2) is 16.9 Å². The van der Waals surface area contributed by atoms with Gasteiger partial charge in [-0.1, -0.05) is 11.6 Å². The molecule has 8 nitrogen and oxygen atoms in total. The second-order valence-electron chi connectivity index (χ2n) is 3.26. The molecule has 2 heterocycles. The van der Waals surface area contributed by atoms with Crippen LogP contribution in [0.25, 0.3) is 0 Å². The first-order valence-corrected chi connectivity index (χ1v) is 5.80. The van der Waals surface area contributed by atoms with E-state index in [4.69, 9.17) is 17.3 Å². The normalized spacial score (nSPS) is 10.6. The van der Waals surface area contributed by atoms with Crippen LogP contribution in [0.4, 0.5) is 11.8 Å². The van der Waals surface area contributed by atoms with E-state index in [-0.39, 0.29) is 11.3 Å². The van der Waals surface area contributed by atoms with Gasteiger partial charge in [-0.15, -0.1) is 0 Å². The summed E-state index contributed by atoms with van der Waals surface area (Å²) >= 11 is 9.01. The highest BCUT2D eigenvalue weighted by molar-refractivity contribution is 9.10. The van der Waals surface area contributed by atoms with E-state index >= 15 is 0 Å². The summed E-state index contributed by atoms with van der Waals surface area (Å²) < 4.78 is 1.49. The third kappa shape index (κ3) is 2.57. The van der Waals surface area contributed by atoms with Gasteiger partial charge in [0.25, 0.3) is 4.73 Å². The van der Waals surface area contributed by atoms with E-state index in [9.17, 15) is 10.1 Å². The van der Waals surface area contributed by atoms with Gasteiger partial charge in [-0.05, 0) is 22.0 Å². The molecule has 0 radical (unpaired) electrons. The summed E-state index contributed by atoms with van der Waals surface area (Å²) in [6, 6.07) is 3.16. The van der Waals surface area contributed by atoms with Crippen molar-refractivity contribution in [2.45, 2.75) is 6.54 Å². The minimum absolute atomic E-state index is 0.130. The third-order valence-corrected chi connectivity index (χ3v) is 2.95. The molecule has 2 rings (SSSR count). The number of hydrogen-bond acceptors (Lipinski definition) is 6. The lowest BCUT2D eigenvalue weighted by atomic mass is 10.3. The molecule has 0 atom stereocenters. The summed E-state index contributed by atoms with van der Waals surface area (Å²) in [7, 11) is 0. The van der Waals surface area contributed by atoms with Gasteiger partial charge in [-0.25, -0.2) is 4.98 Å². The molecule has 0 aliphatic rings. The number of nitrogens with zero attached hydrogens (tertiary/aromatic N) is 5. The first kappa shape index (κ1) is 12.7. The lowest BCUT2D eigenvalue weighted by Gasteiger charge is -2.02. The molecule has 0 amide bonds. The summed E-state index contributed by atoms with van der Waals surface area (Å²) in [5.74, 6) is -0.193. The predicted octanol–water partition coefficient (Wildman–Crippen LogP) is 1.63. The van der Waals surface area contributed by atoms with Crippen molar-refractivity contribution in [2.24, 2.45) is 0 Å². The summed E-state index contributed by atoms with van der Waals surface area (Å²) in [6.45, 7) is 0.130. The molecule has 2 N–H and O–H groups in total. The van der Waals surface area contributed by atoms with Crippen molar-refractivity contribution in [3.63, 3.8) is 0 Å². The number of halogens is 2. The first-order valence-electron chi connectivity index (χ1n) is 4.63. The number of aromatic nitrogens is 4. The number of hydrogen-bond donors (Lipinski definition) is 1. The number of rotatable bonds is 3. The minimum atomic E-state index is -0.685. The fraction of sp³-hybridized carbons (Fsp3) is 0.125. The molecule has 0 spiro atoms. The van der Waals surface area contributed by atoms with Crippen molar-refractivity contribution in [3.8, 4) is 0 Å². The predicted molar refractivity (Wildman–Crippen MR) is 67.1 cm³/mol. The molecular formula is C8H6BrClN6O2. The fourth-order valence-corrected chi connectivity index (χ4v) is 1.77. The van der Waals surface area contributed by atoms with E-state index in [2.05, 4.69) is 31.0 Å². The monoisotopic (exact) mass is 332 g/mol. The average molecular weight is 334 g/mol. The Hall–Kier alpha value is -1.74. The number of nitrogen functional groups attached to an aromatic ring is 1. The summed E-state index contributed by atoms with van der Waals surface area (Å²) in [6.07, 6.45) is 0. The van der Waals surface area contributed by atoms with Crippen molar-refractivity contribution >= 4 is 39.3 Å². The van der Waals surface area contributed by atoms with Gasteiger partial charge in [0.15, 0.2) is 0 Å². The Labute approximate surface area is 114 Å². The number of nitrogens with two attached hydrogens (primary N) is 1. The molecule has 2 aromatic rings. The lowest BCUT2D eigenvalue weighted by molar-refractivity contribution is -0.394. The maximum Gasteiger partial charge on any atom is 0.492 e. The highest BCUT2D eigenvalue weighted by atomic mass is 79.9. The molecule has 94 valence electrons. The molecule has 0 unspecified atom stereocenters. The highest BCUT2D eigenvalue weighted by Crippen LogP contribution is 2.19. The molecule has 0 saturated carbocycles. The number of anilines is 1. The molecule has 0 bridgehead atoms. The van der Waals surface area contributed by atoms with E-state index in [1.165, 1.54) is 4.68 Å². The van der Waals surface area contributed by atoms with Crippen molar-refractivity contribution in [3.05, 3.63) is 37.7 Å². The molecule has 0 fully saturated rings. The van der Waals surface area contributed by atoms with Crippen LogP contribution >= 0.6 is 27.5 Å². The van der Waals surface area contributed by atoms with Crippen LogP contribution in [0.5, 0.6) is 0 Å². The largest absolute Gasteiger partial charge is 0.492 e. The van der Waals surface area contributed by atoms with E-state index in [1.807, 2.05) is 0 Å². The molecular weight excluding hydrogens is 327 g/mol. The zero-order valence-corrected chi connectivity index (χ0v) is 11.1. The summed E-state index contributed by atoms with van der Waals surface area (Å²) in [4.78, 5) is 17.5. The maximum absolute atomic E-state index is 10.5. The van der Waals surface area contributed by atoms with Gasteiger partial charge < -0.3 is 15.8 Å². The van der Waals surface area contributed by atoms with Gasteiger partial charge in [0, 0.05) is 21.0 Å². The molecule has 0 aromatic carbocycles. The van der Waals surface area contributed by atoms with Gasteiger partial charge >= 0.3 is 5.95 Å². The van der Waals surface area contributed by atoms with Crippen LogP contribution in [-0.2, 0) is 6.54 Å². The summed E-state index contributed by atoms with van der Waals surface area (Å²) in [5.41, 5.74) is 5.99. The Morgan fingerprint density at radius 2 is 2.22 bits per heavy atom. The van der Waals surface area contributed by atoms with Crippen molar-refractivity contribution in [1.29, 1.82) is 0 Å². The Morgan fingerprint density at radius 3 is 2.83 bits per heavy atom. The van der Waals surface area contributed by atoms with E-state index in [0.717, 1.165) is 0 Å². The second kappa shape index (κ2) is 4.86. The van der Waals surface area contributed by atoms with Crippen molar-refractivity contribution < 1.29 is 4.92 Å². The summed E-state index contributed by atoms with van der Waals surface area (Å²) in [5, 5.41) is 14.6. The zero-order valence-electron chi connectivity index (χ0n) is 8.75. The van der Waals surface area contributed by atoms with Crippen LogP contribution in [0, 0.1) is 10.1 Å². The number of pyridine rings is 1. The highest BCUT2D eigenvalue weighted by Gasteiger charge is 2.20. The van der Waals surface area contributed by atoms with Crippen LogP contribution < -0.4 is 5.73 Å². The van der Waals surface area contributed by atoms with Crippen molar-refractivity contribution in [1.82, 2.24) is 19.7 Å². The third-order valence-electron chi connectivity index (χ3n) is 2.02. The first-order chi connectivity index (χ1) is 8.47. The average Bonchev–Trinajstić information content (AvgIpc) is 2.66. The Kier molecular flexibility index (Phi) is 3.43. The standard InChI is InChI=1S/C8H6BrClN6O2/c9-7-13-8(16(17)18)14-15(7)3-5-4(10)1-2-6(11)12-5/h1-2H,3H2,(H2,11,12).